The van der Waals surface area contributed by atoms with E-state index in [-0.39, 0.29) is 12.5 Å². The molecule has 1 aromatic heterocycles. The Morgan fingerprint density at radius 2 is 1.60 bits per heavy atom. The van der Waals surface area contributed by atoms with E-state index < -0.39 is 0 Å². The van der Waals surface area contributed by atoms with Crippen molar-refractivity contribution in [1.29, 1.82) is 0 Å². The number of hydrogen-bond donors (Lipinski definition) is 1. The molecule has 0 aliphatic carbocycles. The summed E-state index contributed by atoms with van der Waals surface area (Å²) in [4.78, 5) is 16.4. The van der Waals surface area contributed by atoms with E-state index in [0.717, 1.165) is 22.3 Å². The summed E-state index contributed by atoms with van der Waals surface area (Å²) in [5, 5.41) is 7.35. The Hall–Kier alpha value is -4.71. The average molecular weight is 462 g/mol. The lowest BCUT2D eigenvalue weighted by molar-refractivity contribution is -0.123. The highest BCUT2D eigenvalue weighted by Gasteiger charge is 2.06. The molecular formula is C29H23N3O3. The van der Waals surface area contributed by atoms with Gasteiger partial charge >= 0.3 is 0 Å². The van der Waals surface area contributed by atoms with Crippen LogP contribution in [0.1, 0.15) is 11.1 Å². The number of para-hydroxylation sites is 1. The molecule has 0 saturated carbocycles. The first-order valence-corrected chi connectivity index (χ1v) is 11.2. The number of benzene rings is 4. The normalized spacial score (nSPS) is 11.1. The topological polar surface area (TPSA) is 72.8 Å². The lowest BCUT2D eigenvalue weighted by Crippen LogP contribution is -2.24. The fraction of sp³-hybridized carbons (Fsp3) is 0.0690. The molecule has 172 valence electrons. The molecule has 6 heteroatoms. The third kappa shape index (κ3) is 5.45. The first-order valence-electron chi connectivity index (χ1n) is 11.2. The number of ether oxygens (including phenoxy) is 2. The van der Waals surface area contributed by atoms with E-state index in [1.807, 2.05) is 66.7 Å². The maximum absolute atomic E-state index is 12.1. The fourth-order valence-corrected chi connectivity index (χ4v) is 3.78. The van der Waals surface area contributed by atoms with Crippen LogP contribution < -0.4 is 14.9 Å². The summed E-state index contributed by atoms with van der Waals surface area (Å²) in [5.41, 5.74) is 5.17. The van der Waals surface area contributed by atoms with Crippen molar-refractivity contribution in [2.75, 3.05) is 6.61 Å². The molecule has 0 bridgehead atoms. The van der Waals surface area contributed by atoms with E-state index in [2.05, 4.69) is 39.8 Å². The lowest BCUT2D eigenvalue weighted by Gasteiger charge is -2.09. The van der Waals surface area contributed by atoms with Crippen LogP contribution in [0.4, 0.5) is 0 Å². The third-order valence-electron chi connectivity index (χ3n) is 5.51. The Kier molecular flexibility index (Phi) is 6.62. The second-order valence-corrected chi connectivity index (χ2v) is 7.91. The third-order valence-corrected chi connectivity index (χ3v) is 5.51. The molecule has 0 saturated heterocycles. The Morgan fingerprint density at radius 1 is 0.829 bits per heavy atom. The Labute approximate surface area is 202 Å². The van der Waals surface area contributed by atoms with Crippen molar-refractivity contribution in [2.45, 2.75) is 6.61 Å². The number of hydrogen-bond acceptors (Lipinski definition) is 5. The second-order valence-electron chi connectivity index (χ2n) is 7.91. The Bertz CT molecular complexity index is 1490. The van der Waals surface area contributed by atoms with Crippen LogP contribution in [0.5, 0.6) is 11.5 Å². The van der Waals surface area contributed by atoms with Crippen LogP contribution in [-0.2, 0) is 11.4 Å². The number of amides is 1. The van der Waals surface area contributed by atoms with Gasteiger partial charge in [-0.05, 0) is 58.3 Å². The van der Waals surface area contributed by atoms with Gasteiger partial charge in [-0.2, -0.15) is 5.10 Å². The molecule has 5 aromatic rings. The van der Waals surface area contributed by atoms with Crippen LogP contribution in [0, 0.1) is 0 Å². The Balaban J connectivity index is 1.12. The zero-order chi connectivity index (χ0) is 23.9. The van der Waals surface area contributed by atoms with Crippen LogP contribution >= 0.6 is 0 Å². The van der Waals surface area contributed by atoms with Gasteiger partial charge in [-0.1, -0.05) is 60.7 Å². The molecule has 1 heterocycles. The summed E-state index contributed by atoms with van der Waals surface area (Å²) in [6.45, 7) is 0.324. The van der Waals surface area contributed by atoms with Gasteiger partial charge in [0, 0.05) is 11.6 Å². The number of aromatic nitrogens is 1. The van der Waals surface area contributed by atoms with Crippen molar-refractivity contribution in [3.8, 4) is 11.5 Å². The molecule has 0 atom stereocenters. The fourth-order valence-electron chi connectivity index (χ4n) is 3.78. The maximum atomic E-state index is 12.1. The van der Waals surface area contributed by atoms with E-state index >= 15 is 0 Å². The van der Waals surface area contributed by atoms with Gasteiger partial charge in [0.2, 0.25) is 0 Å². The second kappa shape index (κ2) is 10.5. The monoisotopic (exact) mass is 461 g/mol. The number of hydrazone groups is 1. The number of carbonyl (C=O) groups excluding carboxylic acids is 1. The number of nitrogens with zero attached hydrogens (tertiary/aromatic N) is 2. The van der Waals surface area contributed by atoms with Crippen molar-refractivity contribution >= 4 is 33.8 Å². The van der Waals surface area contributed by atoms with Crippen LogP contribution in [0.2, 0.25) is 0 Å². The molecule has 1 amide bonds. The average Bonchev–Trinajstić information content (AvgIpc) is 2.91. The van der Waals surface area contributed by atoms with Gasteiger partial charge < -0.3 is 9.47 Å². The van der Waals surface area contributed by atoms with E-state index in [9.17, 15) is 4.79 Å². The zero-order valence-electron chi connectivity index (χ0n) is 18.9. The van der Waals surface area contributed by atoms with Gasteiger partial charge in [-0.15, -0.1) is 0 Å². The highest BCUT2D eigenvalue weighted by molar-refractivity contribution is 5.86. The predicted molar refractivity (Wildman–Crippen MR) is 138 cm³/mol. The van der Waals surface area contributed by atoms with Crippen molar-refractivity contribution in [2.24, 2.45) is 5.10 Å². The number of pyridine rings is 1. The minimum Gasteiger partial charge on any atom is -0.489 e. The molecule has 0 aliphatic heterocycles. The van der Waals surface area contributed by atoms with Crippen molar-refractivity contribution < 1.29 is 14.3 Å². The highest BCUT2D eigenvalue weighted by atomic mass is 16.5. The number of rotatable bonds is 8. The molecule has 5 rings (SSSR count). The van der Waals surface area contributed by atoms with Gasteiger partial charge in [0.25, 0.3) is 5.91 Å². The van der Waals surface area contributed by atoms with Gasteiger partial charge in [0.1, 0.15) is 23.6 Å². The van der Waals surface area contributed by atoms with Gasteiger partial charge in [0.05, 0.1) is 6.21 Å². The van der Waals surface area contributed by atoms with Crippen LogP contribution in [0.3, 0.4) is 0 Å². The first kappa shape index (κ1) is 22.1. The van der Waals surface area contributed by atoms with Crippen molar-refractivity contribution in [3.63, 3.8) is 0 Å². The molecule has 35 heavy (non-hydrogen) atoms. The zero-order valence-corrected chi connectivity index (χ0v) is 18.9. The molecule has 0 radical (unpaired) electrons. The molecule has 4 aromatic carbocycles. The van der Waals surface area contributed by atoms with Crippen LogP contribution in [-0.4, -0.2) is 23.7 Å². The van der Waals surface area contributed by atoms with Gasteiger partial charge in [0.15, 0.2) is 6.61 Å². The molecular weight excluding hydrogens is 438 g/mol. The quantitative estimate of drug-likeness (QED) is 0.245. The number of fused-ring (bicyclic) bond motifs is 2. The molecule has 6 nitrogen and oxygen atoms in total. The summed E-state index contributed by atoms with van der Waals surface area (Å²) in [6, 6.07) is 31.4. The predicted octanol–water partition coefficient (Wildman–Crippen LogP) is 5.50. The standard InChI is InChI=1S/C29H23N3O3/c33-28(20-35-27-12-4-8-23-10-5-17-30-29(23)27)32-31-18-21-13-15-25(16-14-21)34-19-24-9-3-7-22-6-1-2-11-26(22)24/h1-18H,19-20H2,(H,32,33)/b31-18-. The summed E-state index contributed by atoms with van der Waals surface area (Å²) in [6.07, 6.45) is 3.27. The summed E-state index contributed by atoms with van der Waals surface area (Å²) in [5.74, 6) is 0.960. The molecule has 0 fully saturated rings. The molecule has 0 spiro atoms. The van der Waals surface area contributed by atoms with Gasteiger partial charge in [-0.3, -0.25) is 9.78 Å². The summed E-state index contributed by atoms with van der Waals surface area (Å²) in [7, 11) is 0. The highest BCUT2D eigenvalue weighted by Crippen LogP contribution is 2.23. The van der Waals surface area contributed by atoms with Crippen LogP contribution in [0.15, 0.2) is 108 Å². The summed E-state index contributed by atoms with van der Waals surface area (Å²) >= 11 is 0. The van der Waals surface area contributed by atoms with E-state index in [0.29, 0.717) is 17.9 Å². The SMILES string of the molecule is O=C(COc1cccc2cccnc12)N/N=C\c1ccc(OCc2cccc3ccccc23)cc1. The van der Waals surface area contributed by atoms with E-state index in [1.54, 1.807) is 18.5 Å². The lowest BCUT2D eigenvalue weighted by atomic mass is 10.1. The van der Waals surface area contributed by atoms with Crippen molar-refractivity contribution in [3.05, 3.63) is 114 Å². The molecule has 1 N–H and O–H groups in total. The first-order chi connectivity index (χ1) is 17.3. The largest absolute Gasteiger partial charge is 0.489 e. The minimum atomic E-state index is -0.357. The summed E-state index contributed by atoms with van der Waals surface area (Å²) < 4.78 is 11.6. The number of nitrogens with one attached hydrogen (secondary N) is 1. The smallest absolute Gasteiger partial charge is 0.277 e. The Morgan fingerprint density at radius 3 is 2.51 bits per heavy atom. The van der Waals surface area contributed by atoms with E-state index in [1.165, 1.54) is 10.8 Å². The maximum Gasteiger partial charge on any atom is 0.277 e. The minimum absolute atomic E-state index is 0.159. The van der Waals surface area contributed by atoms with Crippen molar-refractivity contribution in [1.82, 2.24) is 10.4 Å². The van der Waals surface area contributed by atoms with Gasteiger partial charge in [-0.25, -0.2) is 5.43 Å². The van der Waals surface area contributed by atoms with Crippen LogP contribution in [0.25, 0.3) is 21.7 Å². The van der Waals surface area contributed by atoms with E-state index in [4.69, 9.17) is 9.47 Å². The molecule has 0 aliphatic rings. The number of carbonyl (C=O) groups is 1. The molecule has 0 unspecified atom stereocenters.